The summed E-state index contributed by atoms with van der Waals surface area (Å²) in [5.74, 6) is -2.80. The molecule has 0 bridgehead atoms. The van der Waals surface area contributed by atoms with E-state index >= 15 is 0 Å². The first-order chi connectivity index (χ1) is 9.34. The summed E-state index contributed by atoms with van der Waals surface area (Å²) < 4.78 is 0. The lowest BCUT2D eigenvalue weighted by Crippen LogP contribution is -2.06. The molecule has 8 heteroatoms. The summed E-state index contributed by atoms with van der Waals surface area (Å²) in [6.45, 7) is 0. The highest BCUT2D eigenvalue weighted by Crippen LogP contribution is 2.37. The smallest absolute Gasteiger partial charge is 0.336 e. The number of carboxylic acid groups (broad SMARTS) is 2. The molecule has 0 aliphatic heterocycles. The van der Waals surface area contributed by atoms with Crippen LogP contribution in [0.4, 0.5) is 5.69 Å². The molecule has 0 aromatic heterocycles. The minimum absolute atomic E-state index is 0.125. The van der Waals surface area contributed by atoms with E-state index in [1.807, 2.05) is 0 Å². The number of hydrogen-bond donors (Lipinski definition) is 2. The number of hydrogen-bond acceptors (Lipinski definition) is 4. The van der Waals surface area contributed by atoms with Crippen molar-refractivity contribution in [1.82, 2.24) is 0 Å². The van der Waals surface area contributed by atoms with Gasteiger partial charge in [-0.05, 0) is 18.2 Å². The Morgan fingerprint density at radius 3 is 2.25 bits per heavy atom. The lowest BCUT2D eigenvalue weighted by atomic mass is 9.98. The van der Waals surface area contributed by atoms with Gasteiger partial charge in [0.25, 0.3) is 5.69 Å². The van der Waals surface area contributed by atoms with Crippen molar-refractivity contribution in [3.05, 3.63) is 50.5 Å². The van der Waals surface area contributed by atoms with Gasteiger partial charge in [-0.1, -0.05) is 17.7 Å². The Hall–Kier alpha value is -2.67. The molecule has 102 valence electrons. The van der Waals surface area contributed by atoms with E-state index in [9.17, 15) is 19.7 Å². The highest BCUT2D eigenvalue weighted by Gasteiger charge is 2.25. The molecule has 0 heterocycles. The molecule has 0 amide bonds. The van der Waals surface area contributed by atoms with E-state index in [-0.39, 0.29) is 21.4 Å². The van der Waals surface area contributed by atoms with Gasteiger partial charge in [-0.3, -0.25) is 10.1 Å². The molecule has 0 aliphatic rings. The van der Waals surface area contributed by atoms with Crippen LogP contribution in [0.15, 0.2) is 24.3 Å². The largest absolute Gasteiger partial charge is 0.478 e. The van der Waals surface area contributed by atoms with Gasteiger partial charge in [-0.15, -0.1) is 0 Å². The zero-order valence-corrected chi connectivity index (χ0v) is 10.4. The predicted molar refractivity (Wildman–Crippen MR) is 69.5 cm³/mol. The molecule has 0 unspecified atom stereocenters. The summed E-state index contributed by atoms with van der Waals surface area (Å²) in [6.07, 6.45) is 0. The molecular formula is C12H6ClNO6. The van der Waals surface area contributed by atoms with Gasteiger partial charge in [0.05, 0.1) is 21.4 Å². The lowest BCUT2D eigenvalue weighted by Gasteiger charge is -2.08. The van der Waals surface area contributed by atoms with E-state index in [0.29, 0.717) is 0 Å². The van der Waals surface area contributed by atoms with Crippen LogP contribution in [0.5, 0.6) is 0 Å². The van der Waals surface area contributed by atoms with Gasteiger partial charge in [0.1, 0.15) is 5.02 Å². The fraction of sp³-hybridized carbons (Fsp3) is 0. The highest BCUT2D eigenvalue weighted by molar-refractivity contribution is 6.35. The van der Waals surface area contributed by atoms with Gasteiger partial charge in [0, 0.05) is 5.39 Å². The standard InChI is InChI=1S/C12H6ClNO6/c13-8-4-7(12(17)18)9-5(10(8)14(19)20)2-1-3-6(9)11(15)16/h1-4H,(H,15,16)(H,17,18). The zero-order valence-electron chi connectivity index (χ0n) is 9.66. The second-order valence-corrected chi connectivity index (χ2v) is 4.26. The Morgan fingerprint density at radius 1 is 1.15 bits per heavy atom. The first kappa shape index (κ1) is 13.8. The number of aromatic carboxylic acids is 2. The van der Waals surface area contributed by atoms with Crippen molar-refractivity contribution in [2.24, 2.45) is 0 Å². The Labute approximate surface area is 116 Å². The Kier molecular flexibility index (Phi) is 3.29. The van der Waals surface area contributed by atoms with Crippen LogP contribution in [0.3, 0.4) is 0 Å². The maximum atomic E-state index is 11.2. The van der Waals surface area contributed by atoms with E-state index in [1.54, 1.807) is 0 Å². The molecule has 0 atom stereocenters. The third kappa shape index (κ3) is 2.04. The molecule has 2 aromatic rings. The molecular weight excluding hydrogens is 290 g/mol. The molecule has 0 spiro atoms. The summed E-state index contributed by atoms with van der Waals surface area (Å²) in [5.41, 5.74) is -1.25. The van der Waals surface area contributed by atoms with E-state index in [2.05, 4.69) is 0 Å². The summed E-state index contributed by atoms with van der Waals surface area (Å²) in [4.78, 5) is 32.6. The average Bonchev–Trinajstić information content (AvgIpc) is 2.35. The maximum absolute atomic E-state index is 11.2. The average molecular weight is 296 g/mol. The first-order valence-electron chi connectivity index (χ1n) is 5.20. The Morgan fingerprint density at radius 2 is 1.75 bits per heavy atom. The maximum Gasteiger partial charge on any atom is 0.336 e. The van der Waals surface area contributed by atoms with Crippen molar-refractivity contribution in [2.45, 2.75) is 0 Å². The molecule has 0 saturated heterocycles. The van der Waals surface area contributed by atoms with E-state index in [0.717, 1.165) is 6.07 Å². The van der Waals surface area contributed by atoms with Gasteiger partial charge >= 0.3 is 11.9 Å². The monoisotopic (exact) mass is 295 g/mol. The molecule has 0 saturated carbocycles. The molecule has 2 N–H and O–H groups in total. The predicted octanol–water partition coefficient (Wildman–Crippen LogP) is 2.80. The topological polar surface area (TPSA) is 118 Å². The summed E-state index contributed by atoms with van der Waals surface area (Å²) in [6, 6.07) is 4.62. The molecule has 2 rings (SSSR count). The molecule has 7 nitrogen and oxygen atoms in total. The SMILES string of the molecule is O=C(O)c1cccc2c([N+](=O)[O-])c(Cl)cc(C(=O)O)c12. The number of nitro benzene ring substituents is 1. The van der Waals surface area contributed by atoms with Crippen LogP contribution in [-0.4, -0.2) is 27.1 Å². The number of fused-ring (bicyclic) bond motifs is 1. The minimum Gasteiger partial charge on any atom is -0.478 e. The van der Waals surface area contributed by atoms with Crippen molar-refractivity contribution in [1.29, 1.82) is 0 Å². The fourth-order valence-corrected chi connectivity index (χ4v) is 2.25. The number of benzene rings is 2. The molecule has 0 radical (unpaired) electrons. The van der Waals surface area contributed by atoms with Crippen LogP contribution in [0.2, 0.25) is 5.02 Å². The van der Waals surface area contributed by atoms with Crippen molar-refractivity contribution in [2.75, 3.05) is 0 Å². The van der Waals surface area contributed by atoms with Gasteiger partial charge in [0.15, 0.2) is 0 Å². The fourth-order valence-electron chi connectivity index (χ4n) is 1.97. The second kappa shape index (κ2) is 4.78. The minimum atomic E-state index is -1.42. The van der Waals surface area contributed by atoms with Crippen LogP contribution in [0.1, 0.15) is 20.7 Å². The zero-order chi connectivity index (χ0) is 15.0. The second-order valence-electron chi connectivity index (χ2n) is 3.85. The van der Waals surface area contributed by atoms with Crippen LogP contribution in [-0.2, 0) is 0 Å². The van der Waals surface area contributed by atoms with Crippen LogP contribution in [0.25, 0.3) is 10.8 Å². The number of halogens is 1. The summed E-state index contributed by atoms with van der Waals surface area (Å²) in [7, 11) is 0. The third-order valence-corrected chi connectivity index (χ3v) is 3.02. The third-order valence-electron chi connectivity index (χ3n) is 2.73. The van der Waals surface area contributed by atoms with Crippen molar-refractivity contribution < 1.29 is 24.7 Å². The highest BCUT2D eigenvalue weighted by atomic mass is 35.5. The number of carboxylic acids is 2. The van der Waals surface area contributed by atoms with Gasteiger partial charge < -0.3 is 10.2 Å². The molecule has 2 aromatic carbocycles. The molecule has 0 fully saturated rings. The number of rotatable bonds is 3. The molecule has 0 aliphatic carbocycles. The number of nitrogens with zero attached hydrogens (tertiary/aromatic N) is 1. The Balaban J connectivity index is 3.09. The Bertz CT molecular complexity index is 770. The lowest BCUT2D eigenvalue weighted by molar-refractivity contribution is -0.382. The normalized spacial score (nSPS) is 10.4. The van der Waals surface area contributed by atoms with Crippen LogP contribution in [0, 0.1) is 10.1 Å². The van der Waals surface area contributed by atoms with E-state index in [4.69, 9.17) is 21.8 Å². The number of carbonyl (C=O) groups is 2. The van der Waals surface area contributed by atoms with Crippen molar-refractivity contribution in [3.8, 4) is 0 Å². The quantitative estimate of drug-likeness (QED) is 0.664. The number of nitro groups is 1. The van der Waals surface area contributed by atoms with E-state index in [1.165, 1.54) is 18.2 Å². The van der Waals surface area contributed by atoms with Crippen molar-refractivity contribution in [3.63, 3.8) is 0 Å². The van der Waals surface area contributed by atoms with Crippen molar-refractivity contribution >= 4 is 40.0 Å². The molecule has 20 heavy (non-hydrogen) atoms. The van der Waals surface area contributed by atoms with Crippen LogP contribution >= 0.6 is 11.6 Å². The summed E-state index contributed by atoms with van der Waals surface area (Å²) in [5, 5.41) is 28.5. The van der Waals surface area contributed by atoms with Gasteiger partial charge in [0.2, 0.25) is 0 Å². The van der Waals surface area contributed by atoms with Gasteiger partial charge in [-0.2, -0.15) is 0 Å². The van der Waals surface area contributed by atoms with Gasteiger partial charge in [-0.25, -0.2) is 9.59 Å². The van der Waals surface area contributed by atoms with Crippen LogP contribution < -0.4 is 0 Å². The summed E-state index contributed by atoms with van der Waals surface area (Å²) >= 11 is 5.73. The van der Waals surface area contributed by atoms with E-state index < -0.39 is 28.1 Å². The first-order valence-corrected chi connectivity index (χ1v) is 5.58.